The Labute approximate surface area is 147 Å². The van der Waals surface area contributed by atoms with Crippen LogP contribution < -0.4 is 10.8 Å². The number of anilines is 1. The van der Waals surface area contributed by atoms with Gasteiger partial charge in [0.25, 0.3) is 0 Å². The minimum atomic E-state index is -0.530. The normalized spacial score (nSPS) is 12.3. The Balaban J connectivity index is 1.81. The smallest absolute Gasteiger partial charge is 0.407 e. The van der Waals surface area contributed by atoms with Crippen LogP contribution in [0.2, 0.25) is 0 Å². The van der Waals surface area contributed by atoms with Crippen LogP contribution in [0.25, 0.3) is 11.4 Å². The summed E-state index contributed by atoms with van der Waals surface area (Å²) in [7, 11) is 0. The van der Waals surface area contributed by atoms with E-state index in [2.05, 4.69) is 20.8 Å². The molecule has 0 saturated heterocycles. The maximum absolute atomic E-state index is 11.7. The molecule has 25 heavy (non-hydrogen) atoms. The fraction of sp³-hybridized carbons (Fsp3) is 0.389. The van der Waals surface area contributed by atoms with Crippen molar-refractivity contribution in [2.75, 3.05) is 12.1 Å². The van der Waals surface area contributed by atoms with E-state index in [0.717, 1.165) is 5.56 Å². The van der Waals surface area contributed by atoms with Gasteiger partial charge in [0.1, 0.15) is 5.60 Å². The van der Waals surface area contributed by atoms with Crippen LogP contribution in [0.15, 0.2) is 42.6 Å². The molecule has 0 bridgehead atoms. The van der Waals surface area contributed by atoms with Gasteiger partial charge in [-0.1, -0.05) is 30.3 Å². The Hall–Kier alpha value is -2.67. The van der Waals surface area contributed by atoms with E-state index in [0.29, 0.717) is 11.6 Å². The summed E-state index contributed by atoms with van der Waals surface area (Å²) >= 11 is 0. The number of benzene rings is 1. The number of nitrogens with zero attached hydrogens (tertiary/aromatic N) is 2. The van der Waals surface area contributed by atoms with E-state index in [4.69, 9.17) is 9.57 Å². The number of hydrogen-bond donors (Lipinski definition) is 2. The third kappa shape index (κ3) is 6.76. The SMILES string of the molecule is C[C@@H](CONc1ccnc(-c2ccccc2)n1)NC(=O)OC(C)(C)C. The standard InChI is InChI=1S/C18H24N4O3/c1-13(20-17(23)25-18(2,3)4)12-24-22-15-10-11-19-16(21-15)14-8-6-5-7-9-14/h5-11,13H,12H2,1-4H3,(H,20,23)(H,19,21,22)/t13-/m0/s1. The van der Waals surface area contributed by atoms with Gasteiger partial charge in [0, 0.05) is 17.8 Å². The lowest BCUT2D eigenvalue weighted by molar-refractivity contribution is 0.0476. The summed E-state index contributed by atoms with van der Waals surface area (Å²) in [6.45, 7) is 7.52. The van der Waals surface area contributed by atoms with E-state index in [-0.39, 0.29) is 12.6 Å². The maximum atomic E-state index is 11.7. The highest BCUT2D eigenvalue weighted by molar-refractivity contribution is 5.68. The van der Waals surface area contributed by atoms with Crippen LogP contribution in [0.3, 0.4) is 0 Å². The Morgan fingerprint density at radius 2 is 1.92 bits per heavy atom. The van der Waals surface area contributed by atoms with Gasteiger partial charge in [-0.05, 0) is 27.7 Å². The first-order chi connectivity index (χ1) is 11.8. The minimum Gasteiger partial charge on any atom is -0.444 e. The molecule has 1 aromatic carbocycles. The third-order valence-corrected chi connectivity index (χ3v) is 2.96. The Bertz CT molecular complexity index is 686. The zero-order valence-electron chi connectivity index (χ0n) is 14.9. The molecule has 1 aromatic heterocycles. The first-order valence-electron chi connectivity index (χ1n) is 8.09. The van der Waals surface area contributed by atoms with Gasteiger partial charge in [-0.2, -0.15) is 0 Å². The molecule has 1 heterocycles. The molecular formula is C18H24N4O3. The van der Waals surface area contributed by atoms with E-state index in [1.165, 1.54) is 0 Å². The first-order valence-corrected chi connectivity index (χ1v) is 8.09. The van der Waals surface area contributed by atoms with E-state index in [1.54, 1.807) is 12.3 Å². The summed E-state index contributed by atoms with van der Waals surface area (Å²) in [5.74, 6) is 1.15. The summed E-state index contributed by atoms with van der Waals surface area (Å²) in [5, 5.41) is 2.70. The largest absolute Gasteiger partial charge is 0.444 e. The lowest BCUT2D eigenvalue weighted by Crippen LogP contribution is -2.40. The van der Waals surface area contributed by atoms with Crippen LogP contribution in [-0.2, 0) is 9.57 Å². The molecule has 7 nitrogen and oxygen atoms in total. The number of hydrogen-bond acceptors (Lipinski definition) is 6. The molecule has 0 saturated carbocycles. The Kier molecular flexibility index (Phi) is 6.30. The number of amides is 1. The van der Waals surface area contributed by atoms with Crippen LogP contribution in [0.4, 0.5) is 10.6 Å². The van der Waals surface area contributed by atoms with Crippen molar-refractivity contribution < 1.29 is 14.4 Å². The van der Waals surface area contributed by atoms with Crippen LogP contribution in [0.1, 0.15) is 27.7 Å². The van der Waals surface area contributed by atoms with Crippen LogP contribution >= 0.6 is 0 Å². The van der Waals surface area contributed by atoms with E-state index in [1.807, 2.05) is 58.0 Å². The van der Waals surface area contributed by atoms with E-state index in [9.17, 15) is 4.79 Å². The molecular weight excluding hydrogens is 320 g/mol. The minimum absolute atomic E-state index is 0.224. The molecule has 0 aliphatic heterocycles. The van der Waals surface area contributed by atoms with Crippen molar-refractivity contribution in [3.8, 4) is 11.4 Å². The monoisotopic (exact) mass is 344 g/mol. The second kappa shape index (κ2) is 8.43. The molecule has 0 aliphatic carbocycles. The maximum Gasteiger partial charge on any atom is 0.407 e. The summed E-state index contributed by atoms with van der Waals surface area (Å²) < 4.78 is 5.19. The Morgan fingerprint density at radius 1 is 1.20 bits per heavy atom. The third-order valence-electron chi connectivity index (χ3n) is 2.96. The fourth-order valence-corrected chi connectivity index (χ4v) is 1.93. The summed E-state index contributed by atoms with van der Waals surface area (Å²) in [5.41, 5.74) is 3.16. The highest BCUT2D eigenvalue weighted by atomic mass is 16.6. The second-order valence-corrected chi connectivity index (χ2v) is 6.59. The molecule has 0 fully saturated rings. The lowest BCUT2D eigenvalue weighted by atomic mass is 10.2. The van der Waals surface area contributed by atoms with Gasteiger partial charge in [-0.3, -0.25) is 4.84 Å². The zero-order chi connectivity index (χ0) is 18.3. The average molecular weight is 344 g/mol. The number of carbonyl (C=O) groups excluding carboxylic acids is 1. The highest BCUT2D eigenvalue weighted by Crippen LogP contribution is 2.15. The number of rotatable bonds is 6. The van der Waals surface area contributed by atoms with Gasteiger partial charge in [-0.25, -0.2) is 20.2 Å². The summed E-state index contributed by atoms with van der Waals surface area (Å²) in [6.07, 6.45) is 1.18. The summed E-state index contributed by atoms with van der Waals surface area (Å²) in [6, 6.07) is 11.2. The predicted molar refractivity (Wildman–Crippen MR) is 95.9 cm³/mol. The first kappa shape index (κ1) is 18.7. The van der Waals surface area contributed by atoms with Crippen molar-refractivity contribution in [3.63, 3.8) is 0 Å². The van der Waals surface area contributed by atoms with Gasteiger partial charge in [0.15, 0.2) is 11.6 Å². The lowest BCUT2D eigenvalue weighted by Gasteiger charge is -2.21. The number of nitrogens with one attached hydrogen (secondary N) is 2. The molecule has 0 radical (unpaired) electrons. The van der Waals surface area contributed by atoms with Gasteiger partial charge >= 0.3 is 6.09 Å². The Morgan fingerprint density at radius 3 is 2.60 bits per heavy atom. The molecule has 2 rings (SSSR count). The van der Waals surface area contributed by atoms with Gasteiger partial charge in [0.2, 0.25) is 0 Å². The van der Waals surface area contributed by atoms with Crippen molar-refractivity contribution >= 4 is 11.9 Å². The van der Waals surface area contributed by atoms with E-state index < -0.39 is 11.7 Å². The molecule has 7 heteroatoms. The van der Waals surface area contributed by atoms with Crippen LogP contribution in [0.5, 0.6) is 0 Å². The number of carbonyl (C=O) groups is 1. The van der Waals surface area contributed by atoms with Crippen LogP contribution in [0, 0.1) is 0 Å². The van der Waals surface area contributed by atoms with Crippen molar-refractivity contribution in [1.82, 2.24) is 15.3 Å². The molecule has 2 N–H and O–H groups in total. The van der Waals surface area contributed by atoms with Crippen molar-refractivity contribution in [2.45, 2.75) is 39.3 Å². The highest BCUT2D eigenvalue weighted by Gasteiger charge is 2.17. The van der Waals surface area contributed by atoms with Crippen molar-refractivity contribution in [1.29, 1.82) is 0 Å². The molecule has 2 aromatic rings. The van der Waals surface area contributed by atoms with Gasteiger partial charge < -0.3 is 10.1 Å². The van der Waals surface area contributed by atoms with Crippen molar-refractivity contribution in [3.05, 3.63) is 42.6 Å². The van der Waals surface area contributed by atoms with Gasteiger partial charge in [-0.15, -0.1) is 0 Å². The molecule has 0 spiro atoms. The zero-order valence-corrected chi connectivity index (χ0v) is 14.9. The van der Waals surface area contributed by atoms with Crippen molar-refractivity contribution in [2.24, 2.45) is 0 Å². The van der Waals surface area contributed by atoms with E-state index >= 15 is 0 Å². The topological polar surface area (TPSA) is 85.4 Å². The molecule has 1 amide bonds. The number of ether oxygens (including phenoxy) is 1. The quantitative estimate of drug-likeness (QED) is 0.781. The number of alkyl carbamates (subject to hydrolysis) is 1. The fourth-order valence-electron chi connectivity index (χ4n) is 1.93. The second-order valence-electron chi connectivity index (χ2n) is 6.59. The molecule has 134 valence electrons. The molecule has 0 unspecified atom stereocenters. The van der Waals surface area contributed by atoms with Gasteiger partial charge in [0.05, 0.1) is 12.6 Å². The summed E-state index contributed by atoms with van der Waals surface area (Å²) in [4.78, 5) is 25.7. The number of aromatic nitrogens is 2. The average Bonchev–Trinajstić information content (AvgIpc) is 2.54. The molecule has 0 aliphatic rings. The van der Waals surface area contributed by atoms with Crippen LogP contribution in [-0.4, -0.2) is 34.3 Å². The molecule has 1 atom stereocenters. The predicted octanol–water partition coefficient (Wildman–Crippen LogP) is 3.40.